The van der Waals surface area contributed by atoms with Crippen LogP contribution in [0.3, 0.4) is 0 Å². The number of anilines is 1. The van der Waals surface area contributed by atoms with Gasteiger partial charge in [0.2, 0.25) is 11.8 Å². The van der Waals surface area contributed by atoms with Gasteiger partial charge in [-0.3, -0.25) is 14.5 Å². The summed E-state index contributed by atoms with van der Waals surface area (Å²) >= 11 is 0. The number of ether oxygens (including phenoxy) is 2. The molecule has 0 spiro atoms. The van der Waals surface area contributed by atoms with E-state index in [2.05, 4.69) is 27.7 Å². The molecule has 0 aromatic heterocycles. The van der Waals surface area contributed by atoms with Gasteiger partial charge < -0.3 is 20.1 Å². The van der Waals surface area contributed by atoms with Gasteiger partial charge in [0.1, 0.15) is 23.4 Å². The monoisotopic (exact) mass is 553 g/mol. The highest BCUT2D eigenvalue weighted by atomic mass is 19.1. The van der Waals surface area contributed by atoms with Crippen LogP contribution in [0.5, 0.6) is 11.5 Å². The first-order chi connectivity index (χ1) is 20.0. The van der Waals surface area contributed by atoms with Gasteiger partial charge >= 0.3 is 0 Å². The predicted molar refractivity (Wildman–Crippen MR) is 155 cm³/mol. The van der Waals surface area contributed by atoms with Gasteiger partial charge in [0, 0.05) is 18.8 Å². The average Bonchev–Trinajstić information content (AvgIpc) is 2.99. The zero-order chi connectivity index (χ0) is 28.4. The van der Waals surface area contributed by atoms with Crippen LogP contribution in [0.4, 0.5) is 10.1 Å². The predicted octanol–water partition coefficient (Wildman–Crippen LogP) is 5.32. The van der Waals surface area contributed by atoms with Crippen molar-refractivity contribution >= 4 is 17.5 Å². The van der Waals surface area contributed by atoms with E-state index in [1.165, 1.54) is 35.4 Å². The molecule has 7 nitrogen and oxygen atoms in total. The third-order valence-corrected chi connectivity index (χ3v) is 6.80. The molecule has 41 heavy (non-hydrogen) atoms. The number of hydrogen-bond acceptors (Lipinski definition) is 5. The van der Waals surface area contributed by atoms with Crippen molar-refractivity contribution in [2.75, 3.05) is 25.0 Å². The van der Waals surface area contributed by atoms with Crippen molar-refractivity contribution in [1.29, 1.82) is 0 Å². The summed E-state index contributed by atoms with van der Waals surface area (Å²) in [6.45, 7) is 1.99. The number of benzene rings is 4. The maximum Gasteiger partial charge on any atom is 0.249 e. The second-order valence-electron chi connectivity index (χ2n) is 9.92. The Bertz CT molecular complexity index is 1450. The summed E-state index contributed by atoms with van der Waals surface area (Å²) in [5, 5.41) is 5.73. The molecule has 4 aromatic carbocycles. The topological polar surface area (TPSA) is 79.9 Å². The molecule has 5 rings (SSSR count). The fourth-order valence-electron chi connectivity index (χ4n) is 4.66. The molecular weight excluding hydrogens is 521 g/mol. The van der Waals surface area contributed by atoms with E-state index in [4.69, 9.17) is 9.47 Å². The largest absolute Gasteiger partial charge is 0.457 e. The summed E-state index contributed by atoms with van der Waals surface area (Å²) in [6.07, 6.45) is 0.883. The van der Waals surface area contributed by atoms with Crippen molar-refractivity contribution < 1.29 is 23.5 Å². The number of nitrogens with zero attached hydrogens (tertiary/aromatic N) is 1. The Balaban J connectivity index is 1.19. The highest BCUT2D eigenvalue weighted by Crippen LogP contribution is 2.23. The molecule has 8 heteroatoms. The lowest BCUT2D eigenvalue weighted by atomic mass is 10.00. The van der Waals surface area contributed by atoms with Crippen molar-refractivity contribution in [1.82, 2.24) is 10.2 Å². The third kappa shape index (κ3) is 8.23. The van der Waals surface area contributed by atoms with Crippen LogP contribution in [0, 0.1) is 5.82 Å². The average molecular weight is 554 g/mol. The highest BCUT2D eigenvalue weighted by Gasteiger charge is 2.24. The first-order valence-corrected chi connectivity index (χ1v) is 13.6. The van der Waals surface area contributed by atoms with Crippen LogP contribution in [0.1, 0.15) is 16.7 Å². The van der Waals surface area contributed by atoms with Gasteiger partial charge in [0.25, 0.3) is 0 Å². The second-order valence-corrected chi connectivity index (χ2v) is 9.92. The van der Waals surface area contributed by atoms with Gasteiger partial charge in [0.05, 0.1) is 19.8 Å². The molecule has 2 N–H and O–H groups in total. The molecule has 0 aliphatic carbocycles. The Morgan fingerprint density at radius 2 is 1.49 bits per heavy atom. The molecule has 1 aliphatic heterocycles. The van der Waals surface area contributed by atoms with E-state index in [9.17, 15) is 14.0 Å². The summed E-state index contributed by atoms with van der Waals surface area (Å²) in [5.41, 5.74) is 4.04. The SMILES string of the molecule is O=C(CN1CCc2ccccc2C1)N[C@@H](COCc1ccccc1)C(=O)Nc1ccc(Oc2ccc(F)cc2)cc1. The number of amides is 2. The molecule has 0 radical (unpaired) electrons. The van der Waals surface area contributed by atoms with Crippen LogP contribution in [0.2, 0.25) is 0 Å². The van der Waals surface area contributed by atoms with E-state index in [1.54, 1.807) is 24.3 Å². The van der Waals surface area contributed by atoms with Crippen LogP contribution in [0.15, 0.2) is 103 Å². The molecule has 0 saturated carbocycles. The number of carbonyl (C=O) groups is 2. The molecule has 4 aromatic rings. The van der Waals surface area contributed by atoms with Crippen molar-refractivity contribution in [2.45, 2.75) is 25.6 Å². The van der Waals surface area contributed by atoms with E-state index in [1.807, 2.05) is 42.5 Å². The maximum absolute atomic E-state index is 13.3. The Hall–Kier alpha value is -4.53. The number of fused-ring (bicyclic) bond motifs is 1. The van der Waals surface area contributed by atoms with E-state index >= 15 is 0 Å². The van der Waals surface area contributed by atoms with Crippen molar-refractivity contribution in [3.63, 3.8) is 0 Å². The fourth-order valence-corrected chi connectivity index (χ4v) is 4.66. The molecule has 0 fully saturated rings. The van der Waals surface area contributed by atoms with Gasteiger partial charge in [-0.05, 0) is 71.6 Å². The van der Waals surface area contributed by atoms with Crippen LogP contribution in [0.25, 0.3) is 0 Å². The summed E-state index contributed by atoms with van der Waals surface area (Å²) in [5.74, 6) is 0.0667. The summed E-state index contributed by atoms with van der Waals surface area (Å²) in [4.78, 5) is 28.4. The van der Waals surface area contributed by atoms with Crippen LogP contribution < -0.4 is 15.4 Å². The molecular formula is C33H32FN3O4. The van der Waals surface area contributed by atoms with E-state index in [0.717, 1.165) is 18.5 Å². The molecule has 2 amide bonds. The van der Waals surface area contributed by atoms with Crippen molar-refractivity contribution in [3.8, 4) is 11.5 Å². The van der Waals surface area contributed by atoms with Gasteiger partial charge in [0.15, 0.2) is 0 Å². The zero-order valence-corrected chi connectivity index (χ0v) is 22.6. The number of nitrogens with one attached hydrogen (secondary N) is 2. The quantitative estimate of drug-likeness (QED) is 0.263. The van der Waals surface area contributed by atoms with E-state index in [-0.39, 0.29) is 30.8 Å². The third-order valence-electron chi connectivity index (χ3n) is 6.80. The van der Waals surface area contributed by atoms with E-state index in [0.29, 0.717) is 30.3 Å². The fraction of sp³-hybridized carbons (Fsp3) is 0.212. The molecule has 0 saturated heterocycles. The molecule has 1 atom stereocenters. The smallest absolute Gasteiger partial charge is 0.249 e. The molecule has 210 valence electrons. The summed E-state index contributed by atoms with van der Waals surface area (Å²) in [6, 6.07) is 29.5. The van der Waals surface area contributed by atoms with E-state index < -0.39 is 6.04 Å². The number of rotatable bonds is 11. The Morgan fingerprint density at radius 3 is 2.22 bits per heavy atom. The van der Waals surface area contributed by atoms with Crippen molar-refractivity contribution in [3.05, 3.63) is 126 Å². The molecule has 0 bridgehead atoms. The van der Waals surface area contributed by atoms with Crippen LogP contribution in [-0.4, -0.2) is 42.5 Å². The minimum atomic E-state index is -0.890. The lowest BCUT2D eigenvalue weighted by molar-refractivity contribution is -0.128. The van der Waals surface area contributed by atoms with Gasteiger partial charge in [-0.15, -0.1) is 0 Å². The van der Waals surface area contributed by atoms with Crippen LogP contribution in [-0.2, 0) is 33.9 Å². The lowest BCUT2D eigenvalue weighted by Gasteiger charge is -2.28. The second kappa shape index (κ2) is 13.7. The van der Waals surface area contributed by atoms with Gasteiger partial charge in [-0.2, -0.15) is 0 Å². The highest BCUT2D eigenvalue weighted by molar-refractivity contribution is 5.97. The normalized spacial score (nSPS) is 13.6. The Morgan fingerprint density at radius 1 is 0.829 bits per heavy atom. The number of carbonyl (C=O) groups excluding carboxylic acids is 2. The molecule has 1 aliphatic rings. The van der Waals surface area contributed by atoms with Crippen molar-refractivity contribution in [2.24, 2.45) is 0 Å². The molecule has 0 unspecified atom stereocenters. The maximum atomic E-state index is 13.3. The standard InChI is InChI=1S/C33H32FN3O4/c34-27-10-14-29(15-11-27)41-30-16-12-28(13-17-30)35-33(39)31(23-40-22-24-6-2-1-3-7-24)36-32(38)21-37-19-18-25-8-4-5-9-26(25)20-37/h1-17,31H,18-23H2,(H,35,39)(H,36,38)/t31-/m0/s1. The first kappa shape index (κ1) is 28.0. The summed E-state index contributed by atoms with van der Waals surface area (Å²) in [7, 11) is 0. The lowest BCUT2D eigenvalue weighted by Crippen LogP contribution is -2.50. The summed E-state index contributed by atoms with van der Waals surface area (Å²) < 4.78 is 24.7. The van der Waals surface area contributed by atoms with Gasteiger partial charge in [-0.1, -0.05) is 54.6 Å². The minimum Gasteiger partial charge on any atom is -0.457 e. The van der Waals surface area contributed by atoms with Gasteiger partial charge in [-0.25, -0.2) is 4.39 Å². The first-order valence-electron chi connectivity index (χ1n) is 13.6. The Labute approximate surface area is 238 Å². The number of hydrogen-bond donors (Lipinski definition) is 2. The van der Waals surface area contributed by atoms with Crippen LogP contribution >= 0.6 is 0 Å². The number of halogens is 1. The Kier molecular flexibility index (Phi) is 9.36. The zero-order valence-electron chi connectivity index (χ0n) is 22.6. The molecule has 1 heterocycles. The minimum absolute atomic E-state index is 0.0149.